The third kappa shape index (κ3) is 3.33. The van der Waals surface area contributed by atoms with Gasteiger partial charge in [-0.3, -0.25) is 4.40 Å². The van der Waals surface area contributed by atoms with Crippen LogP contribution in [-0.2, 0) is 10.0 Å². The van der Waals surface area contributed by atoms with E-state index in [1.54, 1.807) is 41.5 Å². The van der Waals surface area contributed by atoms with Crippen LogP contribution in [0.5, 0.6) is 0 Å². The second-order valence-electron chi connectivity index (χ2n) is 4.63. The van der Waals surface area contributed by atoms with Crippen LogP contribution in [-0.4, -0.2) is 42.9 Å². The highest BCUT2D eigenvalue weighted by Crippen LogP contribution is 2.22. The highest BCUT2D eigenvalue weighted by molar-refractivity contribution is 7.98. The lowest BCUT2D eigenvalue weighted by molar-refractivity contribution is 0.554. The molecule has 0 aliphatic carbocycles. The summed E-state index contributed by atoms with van der Waals surface area (Å²) < 4.78 is 29.8. The Hall–Kier alpha value is -1.25. The van der Waals surface area contributed by atoms with Crippen molar-refractivity contribution in [3.05, 3.63) is 24.4 Å². The number of nitrogens with one attached hydrogen (secondary N) is 2. The minimum atomic E-state index is -3.65. The van der Waals surface area contributed by atoms with E-state index in [0.29, 0.717) is 11.5 Å². The number of hydrogen-bond acceptors (Lipinski definition) is 5. The Morgan fingerprint density at radius 1 is 1.43 bits per heavy atom. The molecular weight excluding hydrogens is 308 g/mol. The Bertz CT molecular complexity index is 712. The zero-order chi connectivity index (χ0) is 15.5. The van der Waals surface area contributed by atoms with Crippen LogP contribution < -0.4 is 10.0 Å². The van der Waals surface area contributed by atoms with Gasteiger partial charge < -0.3 is 5.32 Å². The van der Waals surface area contributed by atoms with E-state index in [2.05, 4.69) is 15.0 Å². The molecule has 2 N–H and O–H groups in total. The summed E-state index contributed by atoms with van der Waals surface area (Å²) in [6.07, 6.45) is 4.41. The average molecular weight is 328 g/mol. The molecule has 0 spiro atoms. The largest absolute Gasteiger partial charge is 0.371 e. The van der Waals surface area contributed by atoms with Gasteiger partial charge in [-0.15, -0.1) is 0 Å². The summed E-state index contributed by atoms with van der Waals surface area (Å²) in [5.74, 6) is 1.09. The molecule has 8 heteroatoms. The van der Waals surface area contributed by atoms with Gasteiger partial charge in [-0.2, -0.15) is 11.8 Å². The third-order valence-electron chi connectivity index (χ3n) is 3.16. The van der Waals surface area contributed by atoms with Crippen LogP contribution in [0.1, 0.15) is 13.3 Å². The molecule has 0 saturated heterocycles. The Kier molecular flexibility index (Phi) is 5.13. The molecule has 116 valence electrons. The van der Waals surface area contributed by atoms with Crippen LogP contribution >= 0.6 is 11.8 Å². The zero-order valence-electron chi connectivity index (χ0n) is 12.3. The standard InChI is InChI=1S/C13H20N4O2S2/c1-4-10(9-20-3)16-21(18,19)13-12(14-2)15-11-7-5-6-8-17(11)13/h5-8,10,14,16H,4,9H2,1-3H3. The van der Waals surface area contributed by atoms with Gasteiger partial charge in [-0.25, -0.2) is 18.1 Å². The number of aromatic nitrogens is 2. The number of thioether (sulfide) groups is 1. The topological polar surface area (TPSA) is 75.5 Å². The molecular formula is C13H20N4O2S2. The van der Waals surface area contributed by atoms with Gasteiger partial charge >= 0.3 is 0 Å². The molecule has 6 nitrogen and oxygen atoms in total. The first-order valence-corrected chi connectivity index (χ1v) is 9.57. The summed E-state index contributed by atoms with van der Waals surface area (Å²) in [7, 11) is -1.98. The van der Waals surface area contributed by atoms with Gasteiger partial charge in [-0.05, 0) is 24.8 Å². The van der Waals surface area contributed by atoms with Crippen LogP contribution in [0.3, 0.4) is 0 Å². The molecule has 1 atom stereocenters. The molecule has 0 fully saturated rings. The van der Waals surface area contributed by atoms with Crippen molar-refractivity contribution in [1.29, 1.82) is 0 Å². The normalized spacial score (nSPS) is 13.5. The molecule has 21 heavy (non-hydrogen) atoms. The maximum Gasteiger partial charge on any atom is 0.260 e. The van der Waals surface area contributed by atoms with Crippen LogP contribution in [0.25, 0.3) is 5.65 Å². The molecule has 0 amide bonds. The lowest BCUT2D eigenvalue weighted by atomic mass is 10.3. The van der Waals surface area contributed by atoms with Crippen molar-refractivity contribution >= 4 is 33.3 Å². The van der Waals surface area contributed by atoms with Gasteiger partial charge in [-0.1, -0.05) is 13.0 Å². The fourth-order valence-electron chi connectivity index (χ4n) is 2.10. The molecule has 0 bridgehead atoms. The number of rotatable bonds is 7. The molecule has 2 aromatic heterocycles. The predicted molar refractivity (Wildman–Crippen MR) is 87.5 cm³/mol. The molecule has 1 unspecified atom stereocenters. The SMILES string of the molecule is CCC(CSC)NS(=O)(=O)c1c(NC)nc2ccccn12. The highest BCUT2D eigenvalue weighted by Gasteiger charge is 2.26. The Balaban J connectivity index is 2.48. The lowest BCUT2D eigenvalue weighted by Crippen LogP contribution is -2.37. The van der Waals surface area contributed by atoms with Crippen LogP contribution in [0.15, 0.2) is 29.4 Å². The number of hydrogen-bond donors (Lipinski definition) is 2. The van der Waals surface area contributed by atoms with E-state index in [4.69, 9.17) is 0 Å². The number of anilines is 1. The molecule has 2 aromatic rings. The Morgan fingerprint density at radius 3 is 2.81 bits per heavy atom. The average Bonchev–Trinajstić information content (AvgIpc) is 2.85. The summed E-state index contributed by atoms with van der Waals surface area (Å²) in [4.78, 5) is 4.30. The zero-order valence-corrected chi connectivity index (χ0v) is 14.0. The molecule has 0 radical (unpaired) electrons. The van der Waals surface area contributed by atoms with E-state index in [1.807, 2.05) is 19.2 Å². The minimum absolute atomic E-state index is 0.0935. The van der Waals surface area contributed by atoms with E-state index < -0.39 is 10.0 Å². The predicted octanol–water partition coefficient (Wildman–Crippen LogP) is 1.80. The highest BCUT2D eigenvalue weighted by atomic mass is 32.2. The number of pyridine rings is 1. The van der Waals surface area contributed by atoms with Crippen molar-refractivity contribution in [3.63, 3.8) is 0 Å². The van der Waals surface area contributed by atoms with Crippen LogP contribution in [0.2, 0.25) is 0 Å². The monoisotopic (exact) mass is 328 g/mol. The van der Waals surface area contributed by atoms with Crippen molar-refractivity contribution in [3.8, 4) is 0 Å². The summed E-state index contributed by atoms with van der Waals surface area (Å²) >= 11 is 1.62. The molecule has 0 aromatic carbocycles. The quantitative estimate of drug-likeness (QED) is 0.810. The van der Waals surface area contributed by atoms with Gasteiger partial charge in [0, 0.05) is 25.0 Å². The molecule has 2 heterocycles. The lowest BCUT2D eigenvalue weighted by Gasteiger charge is -2.16. The Labute approximate surface area is 129 Å². The number of fused-ring (bicyclic) bond motifs is 1. The second kappa shape index (κ2) is 6.67. The van der Waals surface area contributed by atoms with E-state index in [-0.39, 0.29) is 11.1 Å². The minimum Gasteiger partial charge on any atom is -0.371 e. The van der Waals surface area contributed by atoms with Gasteiger partial charge in [0.15, 0.2) is 10.8 Å². The summed E-state index contributed by atoms with van der Waals surface area (Å²) in [5, 5.41) is 3.01. The fourth-order valence-corrected chi connectivity index (χ4v) is 4.55. The van der Waals surface area contributed by atoms with Crippen molar-refractivity contribution in [2.45, 2.75) is 24.4 Å². The fraction of sp³-hybridized carbons (Fsp3) is 0.462. The summed E-state index contributed by atoms with van der Waals surface area (Å²) in [6.45, 7) is 1.97. The molecule has 0 aliphatic heterocycles. The first-order valence-electron chi connectivity index (χ1n) is 6.69. The number of imidazole rings is 1. The van der Waals surface area contributed by atoms with E-state index >= 15 is 0 Å². The van der Waals surface area contributed by atoms with Gasteiger partial charge in [0.2, 0.25) is 0 Å². The van der Waals surface area contributed by atoms with Crippen LogP contribution in [0, 0.1) is 0 Å². The molecule has 0 saturated carbocycles. The summed E-state index contributed by atoms with van der Waals surface area (Å²) in [6, 6.07) is 5.29. The molecule has 0 aliphatic rings. The van der Waals surface area contributed by atoms with E-state index in [0.717, 1.165) is 12.2 Å². The number of nitrogens with zero attached hydrogens (tertiary/aromatic N) is 2. The first kappa shape index (κ1) is 16.1. The third-order valence-corrected chi connectivity index (χ3v) is 5.44. The Morgan fingerprint density at radius 2 is 2.19 bits per heavy atom. The van der Waals surface area contributed by atoms with Crippen molar-refractivity contribution < 1.29 is 8.42 Å². The maximum absolute atomic E-state index is 12.7. The van der Waals surface area contributed by atoms with E-state index in [1.165, 1.54) is 0 Å². The van der Waals surface area contributed by atoms with E-state index in [9.17, 15) is 8.42 Å². The van der Waals surface area contributed by atoms with Gasteiger partial charge in [0.05, 0.1) is 0 Å². The first-order chi connectivity index (χ1) is 10.0. The van der Waals surface area contributed by atoms with Crippen molar-refractivity contribution in [2.75, 3.05) is 24.4 Å². The summed E-state index contributed by atoms with van der Waals surface area (Å²) in [5.41, 5.74) is 0.597. The van der Waals surface area contributed by atoms with Crippen molar-refractivity contribution in [1.82, 2.24) is 14.1 Å². The van der Waals surface area contributed by atoms with Gasteiger partial charge in [0.25, 0.3) is 10.0 Å². The van der Waals surface area contributed by atoms with Crippen LogP contribution in [0.4, 0.5) is 5.82 Å². The second-order valence-corrected chi connectivity index (χ2v) is 7.17. The maximum atomic E-state index is 12.7. The number of sulfonamides is 1. The van der Waals surface area contributed by atoms with Gasteiger partial charge in [0.1, 0.15) is 5.65 Å². The smallest absolute Gasteiger partial charge is 0.260 e. The van der Waals surface area contributed by atoms with Crippen molar-refractivity contribution in [2.24, 2.45) is 0 Å². The molecule has 2 rings (SSSR count).